The van der Waals surface area contributed by atoms with E-state index in [1.165, 1.54) is 17.0 Å². The van der Waals surface area contributed by atoms with Crippen molar-refractivity contribution in [2.75, 3.05) is 31.7 Å². The van der Waals surface area contributed by atoms with Crippen LogP contribution in [0.25, 0.3) is 0 Å². The third kappa shape index (κ3) is 4.47. The molecule has 0 saturated carbocycles. The van der Waals surface area contributed by atoms with Crippen LogP contribution in [-0.4, -0.2) is 38.6 Å². The average Bonchev–Trinajstić information content (AvgIpc) is 2.93. The van der Waals surface area contributed by atoms with Gasteiger partial charge >= 0.3 is 6.18 Å². The van der Waals surface area contributed by atoms with E-state index in [0.717, 1.165) is 12.1 Å². The number of hydrogen-bond acceptors (Lipinski definition) is 3. The van der Waals surface area contributed by atoms with Crippen molar-refractivity contribution in [2.24, 2.45) is 5.92 Å². The van der Waals surface area contributed by atoms with Gasteiger partial charge in [0.25, 0.3) is 0 Å². The van der Waals surface area contributed by atoms with Crippen LogP contribution in [0.5, 0.6) is 0 Å². The normalized spacial score (nSPS) is 18.1. The molecular weight excluding hydrogens is 325 g/mol. The lowest BCUT2D eigenvalue weighted by molar-refractivity contribution is -0.137. The summed E-state index contributed by atoms with van der Waals surface area (Å²) in [6.07, 6.45) is -3.83. The molecule has 1 saturated heterocycles. The second-order valence-corrected chi connectivity index (χ2v) is 5.59. The summed E-state index contributed by atoms with van der Waals surface area (Å²) in [5.74, 6) is -1.19. The lowest BCUT2D eigenvalue weighted by Crippen LogP contribution is -2.33. The van der Waals surface area contributed by atoms with E-state index in [1.54, 1.807) is 7.11 Å². The number of alkyl halides is 3. The molecule has 1 aromatic rings. The van der Waals surface area contributed by atoms with Crippen molar-refractivity contribution in [1.82, 2.24) is 5.32 Å². The molecule has 0 radical (unpaired) electrons. The molecule has 0 unspecified atom stereocenters. The number of nitrogens with zero attached hydrogens (tertiary/aromatic N) is 1. The lowest BCUT2D eigenvalue weighted by Gasteiger charge is -2.18. The second kappa shape index (κ2) is 7.65. The number of ether oxygens (including phenoxy) is 1. The minimum Gasteiger partial charge on any atom is -0.385 e. The number of carbonyl (C=O) groups excluding carboxylic acids is 2. The van der Waals surface area contributed by atoms with Gasteiger partial charge in [-0.05, 0) is 24.6 Å². The van der Waals surface area contributed by atoms with Gasteiger partial charge in [0.2, 0.25) is 11.8 Å². The predicted molar refractivity (Wildman–Crippen MR) is 81.4 cm³/mol. The van der Waals surface area contributed by atoms with Crippen LogP contribution in [-0.2, 0) is 20.5 Å². The van der Waals surface area contributed by atoms with E-state index >= 15 is 0 Å². The summed E-state index contributed by atoms with van der Waals surface area (Å²) < 4.78 is 43.2. The summed E-state index contributed by atoms with van der Waals surface area (Å²) in [7, 11) is 1.56. The Kier molecular flexibility index (Phi) is 5.82. The van der Waals surface area contributed by atoms with Crippen molar-refractivity contribution in [3.8, 4) is 0 Å². The number of nitrogens with one attached hydrogen (secondary N) is 1. The van der Waals surface area contributed by atoms with Crippen LogP contribution < -0.4 is 10.2 Å². The van der Waals surface area contributed by atoms with E-state index < -0.39 is 17.7 Å². The molecule has 1 heterocycles. The Bertz CT molecular complexity index is 604. The van der Waals surface area contributed by atoms with Crippen molar-refractivity contribution in [3.05, 3.63) is 29.8 Å². The van der Waals surface area contributed by atoms with E-state index in [0.29, 0.717) is 19.6 Å². The fourth-order valence-electron chi connectivity index (χ4n) is 2.56. The molecule has 1 aliphatic rings. The van der Waals surface area contributed by atoms with E-state index in [9.17, 15) is 22.8 Å². The van der Waals surface area contributed by atoms with Crippen LogP contribution in [0.15, 0.2) is 24.3 Å². The number of rotatable bonds is 6. The summed E-state index contributed by atoms with van der Waals surface area (Å²) in [4.78, 5) is 25.3. The molecule has 2 amide bonds. The highest BCUT2D eigenvalue weighted by Gasteiger charge is 2.36. The van der Waals surface area contributed by atoms with Gasteiger partial charge in [0.15, 0.2) is 0 Å². The highest BCUT2D eigenvalue weighted by molar-refractivity contribution is 6.00. The molecule has 1 N–H and O–H groups in total. The van der Waals surface area contributed by atoms with E-state index in [2.05, 4.69) is 5.32 Å². The zero-order valence-corrected chi connectivity index (χ0v) is 13.2. The van der Waals surface area contributed by atoms with Gasteiger partial charge < -0.3 is 15.0 Å². The number of amides is 2. The Morgan fingerprint density at radius 1 is 1.42 bits per heavy atom. The van der Waals surface area contributed by atoms with Gasteiger partial charge in [0, 0.05) is 38.9 Å². The molecule has 0 bridgehead atoms. The molecule has 0 spiro atoms. The number of carbonyl (C=O) groups is 2. The summed E-state index contributed by atoms with van der Waals surface area (Å²) >= 11 is 0. The highest BCUT2D eigenvalue weighted by atomic mass is 19.4. The van der Waals surface area contributed by atoms with Crippen molar-refractivity contribution in [3.63, 3.8) is 0 Å². The molecule has 2 rings (SSSR count). The molecule has 1 fully saturated rings. The van der Waals surface area contributed by atoms with Crippen LogP contribution in [0, 0.1) is 5.92 Å². The summed E-state index contributed by atoms with van der Waals surface area (Å²) in [6, 6.07) is 4.57. The number of benzene rings is 1. The molecule has 1 aliphatic heterocycles. The third-order valence-corrected chi connectivity index (χ3v) is 3.81. The van der Waals surface area contributed by atoms with Gasteiger partial charge in [-0.25, -0.2) is 0 Å². The van der Waals surface area contributed by atoms with Gasteiger partial charge in [-0.2, -0.15) is 13.2 Å². The smallest absolute Gasteiger partial charge is 0.385 e. The number of hydrogen-bond donors (Lipinski definition) is 1. The molecule has 132 valence electrons. The van der Waals surface area contributed by atoms with Gasteiger partial charge in [0.1, 0.15) is 0 Å². The minimum atomic E-state index is -4.48. The van der Waals surface area contributed by atoms with Crippen LogP contribution in [0.1, 0.15) is 18.4 Å². The van der Waals surface area contributed by atoms with Crippen molar-refractivity contribution < 1.29 is 27.5 Å². The Morgan fingerprint density at radius 2 is 2.17 bits per heavy atom. The maximum absolute atomic E-state index is 12.8. The van der Waals surface area contributed by atoms with Crippen LogP contribution in [0.3, 0.4) is 0 Å². The maximum atomic E-state index is 12.8. The quantitative estimate of drug-likeness (QED) is 0.805. The first-order chi connectivity index (χ1) is 11.3. The lowest BCUT2D eigenvalue weighted by atomic mass is 10.1. The van der Waals surface area contributed by atoms with Crippen LogP contribution in [0.4, 0.5) is 18.9 Å². The summed E-state index contributed by atoms with van der Waals surface area (Å²) in [5.41, 5.74) is -0.662. The first-order valence-corrected chi connectivity index (χ1v) is 7.57. The highest BCUT2D eigenvalue weighted by Crippen LogP contribution is 2.33. The van der Waals surface area contributed by atoms with Gasteiger partial charge in [0.05, 0.1) is 11.5 Å². The molecule has 24 heavy (non-hydrogen) atoms. The zero-order chi connectivity index (χ0) is 17.7. The number of methoxy groups -OCH3 is 1. The Labute approximate surface area is 137 Å². The monoisotopic (exact) mass is 344 g/mol. The van der Waals surface area contributed by atoms with Crippen molar-refractivity contribution in [2.45, 2.75) is 19.0 Å². The van der Waals surface area contributed by atoms with E-state index in [1.807, 2.05) is 0 Å². The molecule has 8 heteroatoms. The topological polar surface area (TPSA) is 58.6 Å². The van der Waals surface area contributed by atoms with Crippen LogP contribution >= 0.6 is 0 Å². The SMILES string of the molecule is COCCCNC(=O)[C@H]1CC(=O)N(c2cccc(C(F)(F)F)c2)C1. The first-order valence-electron chi connectivity index (χ1n) is 7.57. The fourth-order valence-corrected chi connectivity index (χ4v) is 2.56. The predicted octanol–water partition coefficient (Wildman–Crippen LogP) is 2.21. The van der Waals surface area contributed by atoms with E-state index in [-0.39, 0.29) is 30.5 Å². The first kappa shape index (κ1) is 18.3. The van der Waals surface area contributed by atoms with Crippen molar-refractivity contribution in [1.29, 1.82) is 0 Å². The third-order valence-electron chi connectivity index (χ3n) is 3.81. The molecule has 0 aliphatic carbocycles. The van der Waals surface area contributed by atoms with Crippen LogP contribution in [0.2, 0.25) is 0 Å². The Balaban J connectivity index is 2.01. The average molecular weight is 344 g/mol. The fraction of sp³-hybridized carbons (Fsp3) is 0.500. The maximum Gasteiger partial charge on any atom is 0.416 e. The molecule has 1 aromatic carbocycles. The zero-order valence-electron chi connectivity index (χ0n) is 13.2. The van der Waals surface area contributed by atoms with Gasteiger partial charge in [-0.3, -0.25) is 9.59 Å². The molecule has 5 nitrogen and oxygen atoms in total. The number of anilines is 1. The Morgan fingerprint density at radius 3 is 2.83 bits per heavy atom. The van der Waals surface area contributed by atoms with Gasteiger partial charge in [-0.15, -0.1) is 0 Å². The van der Waals surface area contributed by atoms with Crippen molar-refractivity contribution >= 4 is 17.5 Å². The molecular formula is C16H19F3N2O3. The summed E-state index contributed by atoms with van der Waals surface area (Å²) in [5, 5.41) is 2.71. The summed E-state index contributed by atoms with van der Waals surface area (Å²) in [6.45, 7) is 1.03. The number of halogens is 3. The molecule has 0 aromatic heterocycles. The molecule has 1 atom stereocenters. The second-order valence-electron chi connectivity index (χ2n) is 5.59. The van der Waals surface area contributed by atoms with Gasteiger partial charge in [-0.1, -0.05) is 6.07 Å². The standard InChI is InChI=1S/C16H19F3N2O3/c1-24-7-3-6-20-15(23)11-8-14(22)21(10-11)13-5-2-4-12(9-13)16(17,18)19/h2,4-5,9,11H,3,6-8,10H2,1H3,(H,20,23)/t11-/m0/s1. The largest absolute Gasteiger partial charge is 0.416 e. The van der Waals surface area contributed by atoms with E-state index in [4.69, 9.17) is 4.74 Å². The Hall–Kier alpha value is -2.09. The minimum absolute atomic E-state index is 0.00758.